The van der Waals surface area contributed by atoms with E-state index >= 15 is 0 Å². The van der Waals surface area contributed by atoms with Crippen molar-refractivity contribution < 1.29 is 5.11 Å². The molecule has 1 rings (SSSR count). The Morgan fingerprint density at radius 1 is 1.36 bits per heavy atom. The van der Waals surface area contributed by atoms with E-state index in [9.17, 15) is 5.11 Å². The second-order valence-corrected chi connectivity index (χ2v) is 4.54. The Hall–Kier alpha value is -0.130. The van der Waals surface area contributed by atoms with Gasteiger partial charge in [0.2, 0.25) is 0 Å². The van der Waals surface area contributed by atoms with Gasteiger partial charge in [-0.2, -0.15) is 0 Å². The maximum absolute atomic E-state index is 9.64. The van der Waals surface area contributed by atoms with Crippen molar-refractivity contribution in [1.82, 2.24) is 5.32 Å². The minimum absolute atomic E-state index is 0.282. The quantitative estimate of drug-likeness (QED) is 0.813. The first kappa shape index (κ1) is 11.9. The van der Waals surface area contributed by atoms with E-state index in [-0.39, 0.29) is 6.10 Å². The number of hydrogen-bond donors (Lipinski definition) is 2. The average molecular weight is 305 g/mol. The molecular weight excluding hydrogens is 289 g/mol. The summed E-state index contributed by atoms with van der Waals surface area (Å²) in [5, 5.41) is 12.8. The van der Waals surface area contributed by atoms with Crippen LogP contribution in [0.2, 0.25) is 0 Å². The summed E-state index contributed by atoms with van der Waals surface area (Å²) in [6.07, 6.45) is 0.444. The molecule has 0 aromatic heterocycles. The van der Waals surface area contributed by atoms with Crippen molar-refractivity contribution in [2.24, 2.45) is 0 Å². The van der Waals surface area contributed by atoms with E-state index in [2.05, 4.69) is 52.2 Å². The lowest BCUT2D eigenvalue weighted by atomic mass is 10.1. The summed E-state index contributed by atoms with van der Waals surface area (Å²) >= 11 is 2.28. The van der Waals surface area contributed by atoms with E-state index in [0.29, 0.717) is 6.54 Å². The third-order valence-corrected chi connectivity index (χ3v) is 2.73. The fourth-order valence-electron chi connectivity index (χ4n) is 1.28. The standard InChI is InChI=1S/C11H16INO/c1-2-13-8-11(14)7-9-3-5-10(12)6-4-9/h3-6,11,13-14H,2,7-8H2,1H3. The number of hydrogen-bond acceptors (Lipinski definition) is 2. The molecule has 1 unspecified atom stereocenters. The predicted molar refractivity (Wildman–Crippen MR) is 67.4 cm³/mol. The summed E-state index contributed by atoms with van der Waals surface area (Å²) in [4.78, 5) is 0. The van der Waals surface area contributed by atoms with Gasteiger partial charge < -0.3 is 10.4 Å². The van der Waals surface area contributed by atoms with E-state index in [1.165, 1.54) is 9.13 Å². The molecule has 0 saturated heterocycles. The first-order valence-corrected chi connectivity index (χ1v) is 5.93. The summed E-state index contributed by atoms with van der Waals surface area (Å²) in [5.41, 5.74) is 1.19. The van der Waals surface area contributed by atoms with Gasteiger partial charge in [0.1, 0.15) is 0 Å². The Bertz CT molecular complexity index is 260. The number of benzene rings is 1. The van der Waals surface area contributed by atoms with Gasteiger partial charge in [-0.3, -0.25) is 0 Å². The van der Waals surface area contributed by atoms with Crippen LogP contribution < -0.4 is 5.32 Å². The Balaban J connectivity index is 2.39. The van der Waals surface area contributed by atoms with E-state index in [1.54, 1.807) is 0 Å². The van der Waals surface area contributed by atoms with E-state index in [1.807, 2.05) is 6.92 Å². The third-order valence-electron chi connectivity index (χ3n) is 2.01. The second-order valence-electron chi connectivity index (χ2n) is 3.29. The normalized spacial score (nSPS) is 12.8. The largest absolute Gasteiger partial charge is 0.391 e. The number of nitrogens with one attached hydrogen (secondary N) is 1. The second kappa shape index (κ2) is 6.37. The average Bonchev–Trinajstić information content (AvgIpc) is 2.18. The maximum atomic E-state index is 9.64. The highest BCUT2D eigenvalue weighted by Gasteiger charge is 2.03. The van der Waals surface area contributed by atoms with Crippen LogP contribution in [0.3, 0.4) is 0 Å². The van der Waals surface area contributed by atoms with Crippen LogP contribution in [0.25, 0.3) is 0 Å². The molecule has 2 nitrogen and oxygen atoms in total. The lowest BCUT2D eigenvalue weighted by molar-refractivity contribution is 0.173. The Morgan fingerprint density at radius 3 is 2.57 bits per heavy atom. The SMILES string of the molecule is CCNCC(O)Cc1ccc(I)cc1. The van der Waals surface area contributed by atoms with Crippen LogP contribution in [-0.4, -0.2) is 24.3 Å². The topological polar surface area (TPSA) is 32.3 Å². The minimum Gasteiger partial charge on any atom is -0.391 e. The van der Waals surface area contributed by atoms with Gasteiger partial charge >= 0.3 is 0 Å². The number of rotatable bonds is 5. The molecule has 0 spiro atoms. The van der Waals surface area contributed by atoms with Crippen LogP contribution in [0.5, 0.6) is 0 Å². The fourth-order valence-corrected chi connectivity index (χ4v) is 1.64. The zero-order chi connectivity index (χ0) is 10.4. The maximum Gasteiger partial charge on any atom is 0.0704 e. The van der Waals surface area contributed by atoms with Crippen LogP contribution in [0.4, 0.5) is 0 Å². The van der Waals surface area contributed by atoms with Crippen LogP contribution in [0.15, 0.2) is 24.3 Å². The molecule has 0 bridgehead atoms. The summed E-state index contributed by atoms with van der Waals surface area (Å²) < 4.78 is 1.23. The zero-order valence-electron chi connectivity index (χ0n) is 8.33. The molecule has 1 aromatic carbocycles. The highest BCUT2D eigenvalue weighted by molar-refractivity contribution is 14.1. The van der Waals surface area contributed by atoms with Gasteiger partial charge in [-0.05, 0) is 53.3 Å². The zero-order valence-corrected chi connectivity index (χ0v) is 10.5. The molecule has 14 heavy (non-hydrogen) atoms. The van der Waals surface area contributed by atoms with Crippen molar-refractivity contribution in [3.63, 3.8) is 0 Å². The summed E-state index contributed by atoms with van der Waals surface area (Å²) in [5.74, 6) is 0. The van der Waals surface area contributed by atoms with Crippen molar-refractivity contribution >= 4 is 22.6 Å². The number of halogens is 1. The van der Waals surface area contributed by atoms with Crippen LogP contribution >= 0.6 is 22.6 Å². The molecule has 0 fully saturated rings. The highest BCUT2D eigenvalue weighted by atomic mass is 127. The van der Waals surface area contributed by atoms with Crippen molar-refractivity contribution in [2.75, 3.05) is 13.1 Å². The molecule has 0 amide bonds. The van der Waals surface area contributed by atoms with Crippen molar-refractivity contribution in [3.8, 4) is 0 Å². The first-order chi connectivity index (χ1) is 6.72. The van der Waals surface area contributed by atoms with Gasteiger partial charge in [-0.15, -0.1) is 0 Å². The van der Waals surface area contributed by atoms with E-state index < -0.39 is 0 Å². The van der Waals surface area contributed by atoms with Gasteiger partial charge in [0.25, 0.3) is 0 Å². The molecule has 0 radical (unpaired) electrons. The number of likely N-dealkylation sites (N-methyl/N-ethyl adjacent to an activating group) is 1. The lowest BCUT2D eigenvalue weighted by Crippen LogP contribution is -2.28. The van der Waals surface area contributed by atoms with Gasteiger partial charge in [0.15, 0.2) is 0 Å². The molecular formula is C11H16INO. The Labute approximate surface area is 98.9 Å². The van der Waals surface area contributed by atoms with Gasteiger partial charge in [-0.25, -0.2) is 0 Å². The molecule has 0 aliphatic heterocycles. The lowest BCUT2D eigenvalue weighted by Gasteiger charge is -2.10. The predicted octanol–water partition coefficient (Wildman–Crippen LogP) is 1.80. The Kier molecular flexibility index (Phi) is 5.44. The summed E-state index contributed by atoms with van der Waals surface area (Å²) in [6, 6.07) is 8.26. The van der Waals surface area contributed by atoms with Gasteiger partial charge in [0.05, 0.1) is 6.10 Å². The van der Waals surface area contributed by atoms with E-state index in [4.69, 9.17) is 0 Å². The molecule has 1 atom stereocenters. The highest BCUT2D eigenvalue weighted by Crippen LogP contribution is 2.08. The molecule has 3 heteroatoms. The van der Waals surface area contributed by atoms with Crippen molar-refractivity contribution in [2.45, 2.75) is 19.4 Å². The molecule has 2 N–H and O–H groups in total. The molecule has 0 saturated carbocycles. The molecule has 78 valence electrons. The molecule has 0 aliphatic carbocycles. The van der Waals surface area contributed by atoms with Crippen LogP contribution in [0.1, 0.15) is 12.5 Å². The molecule has 1 aromatic rings. The summed E-state index contributed by atoms with van der Waals surface area (Å²) in [7, 11) is 0. The van der Waals surface area contributed by atoms with Crippen molar-refractivity contribution in [3.05, 3.63) is 33.4 Å². The smallest absolute Gasteiger partial charge is 0.0704 e. The molecule has 0 heterocycles. The molecule has 0 aliphatic rings. The van der Waals surface area contributed by atoms with Gasteiger partial charge in [0, 0.05) is 10.1 Å². The van der Waals surface area contributed by atoms with Crippen LogP contribution in [-0.2, 0) is 6.42 Å². The van der Waals surface area contributed by atoms with E-state index in [0.717, 1.165) is 13.0 Å². The Morgan fingerprint density at radius 2 is 2.00 bits per heavy atom. The third kappa shape index (κ3) is 4.39. The number of aliphatic hydroxyl groups excluding tert-OH is 1. The fraction of sp³-hybridized carbons (Fsp3) is 0.455. The summed E-state index contributed by atoms with van der Waals surface area (Å²) in [6.45, 7) is 3.61. The first-order valence-electron chi connectivity index (χ1n) is 4.85. The monoisotopic (exact) mass is 305 g/mol. The number of aliphatic hydroxyl groups is 1. The van der Waals surface area contributed by atoms with Crippen molar-refractivity contribution in [1.29, 1.82) is 0 Å². The van der Waals surface area contributed by atoms with Crippen LogP contribution in [0, 0.1) is 3.57 Å². The van der Waals surface area contributed by atoms with Gasteiger partial charge in [-0.1, -0.05) is 19.1 Å². The minimum atomic E-state index is -0.282.